The Morgan fingerprint density at radius 3 is 1.45 bits per heavy atom. The number of esters is 4. The van der Waals surface area contributed by atoms with Crippen LogP contribution in [0.2, 0.25) is 0 Å². The second-order valence-corrected chi connectivity index (χ2v) is 33.1. The smallest absolute Gasteiger partial charge is 0.335 e. The first-order chi connectivity index (χ1) is 52.5. The number of furan rings is 2. The average Bonchev–Trinajstić information content (AvgIpc) is 0.761. The SMILES string of the molecule is COc1c(C)cc2c(c1O)[C@@H]1[C@@H]3[C@@H]4SC[C@]5(NCCc6c5oc5ccc(C)cc65)C(=O)OC[C@@H](c5c6c(c(C)c(OC(C)=O)c54)OCO6)N3[C@@H](O)[C@H](C2)N1C.COc1c(C)cc2c(c1O)[C@@H]1[C@@H]3[C@@H]4SC[C@]5(NCCc6c5oc5ccccc65)C(=O)OC[C@@H](c5c6c(c(C)c(OC(C)=O)c54)OCO6)N3[C@@H](O)[C@H](C2)N1C. The number of carbonyl (C=O) groups is 4. The molecule has 14 aliphatic rings. The summed E-state index contributed by atoms with van der Waals surface area (Å²) in [6.45, 7) is 12.9. The van der Waals surface area contributed by atoms with Crippen molar-refractivity contribution in [2.24, 2.45) is 0 Å². The van der Waals surface area contributed by atoms with E-state index in [4.69, 9.17) is 56.2 Å². The number of phenols is 2. The number of carbonyl (C=O) groups excluding carboxylic acids is 4. The minimum atomic E-state index is -1.35. The number of rotatable bonds is 4. The highest BCUT2D eigenvalue weighted by Crippen LogP contribution is 2.68. The Hall–Kier alpha value is -8.94. The number of aliphatic hydroxyl groups is 2. The molecule has 4 saturated heterocycles. The minimum Gasteiger partial charge on any atom is -0.504 e. The predicted octanol–water partition coefficient (Wildman–Crippen LogP) is 9.20. The molecule has 0 amide bonds. The largest absolute Gasteiger partial charge is 0.504 e. The zero-order chi connectivity index (χ0) is 75.6. The van der Waals surface area contributed by atoms with E-state index >= 15 is 0 Å². The highest BCUT2D eigenvalue weighted by molar-refractivity contribution is 7.99. The molecule has 4 fully saturated rings. The number of phenolic OH excluding ortho intramolecular Hbond substituents is 2. The number of ether oxygens (including phenoxy) is 10. The second kappa shape index (κ2) is 25.6. The van der Waals surface area contributed by atoms with Crippen molar-refractivity contribution in [3.63, 3.8) is 0 Å². The van der Waals surface area contributed by atoms with E-state index in [-0.39, 0.29) is 61.9 Å². The summed E-state index contributed by atoms with van der Waals surface area (Å²) in [6.07, 6.45) is 0.241. The van der Waals surface area contributed by atoms with Crippen LogP contribution in [-0.4, -0.2) is 180 Å². The molecule has 26 nitrogen and oxygen atoms in total. The van der Waals surface area contributed by atoms with Crippen LogP contribution in [0.4, 0.5) is 0 Å². The Kier molecular flexibility index (Phi) is 16.5. The molecule has 109 heavy (non-hydrogen) atoms. The van der Waals surface area contributed by atoms with Gasteiger partial charge in [0.2, 0.25) is 13.6 Å². The Morgan fingerprint density at radius 1 is 0.550 bits per heavy atom. The number of para-hydroxylation sites is 1. The summed E-state index contributed by atoms with van der Waals surface area (Å²) in [5.41, 5.74) is 10.6. The van der Waals surface area contributed by atoms with Crippen molar-refractivity contribution in [1.82, 2.24) is 30.2 Å². The van der Waals surface area contributed by atoms with E-state index in [1.807, 2.05) is 107 Å². The third-order valence-electron chi connectivity index (χ3n) is 25.2. The standard InChI is InChI=1S/C41H43N3O10S.C40H41N3O10S/c1-17-7-8-26-23(11-17)22-9-10-42-41(38(22)54-26)15-55-37-29-28(36-35(51-16-52-36)19(3)34(29)53-20(4)45)25(14-50-40(41)48)44-31(37)30-27-21(13-24(39(44)47)43(30)5)12-18(2)33(49-6)32(27)46;1-17-12-20-13-23-38(46)43-24-14-49-39(47)40(37-22(10-11-41-40)21-8-6-7-9-25(21)53-37)15-54-36(30(43)29(42(23)4)26(20)31(45)32(17)48-5)28-27(24)35-34(50-16-51-35)18(2)33(28)52-19(3)44/h7-8,11-12,24-25,30-31,37,39,42,46-47H,9-10,13-16H2,1-6H3;6-9,12,23-24,29-30,36,38,41,45-46H,10-11,13-16H2,1-5H3/t24-,25-,30+,31+,37+,39-,41+;23-,24-,29+,30+,36+,38-,40+/m00/s1. The number of fused-ring (bicyclic) bond motifs is 22. The van der Waals surface area contributed by atoms with Crippen molar-refractivity contribution in [3.05, 3.63) is 150 Å². The van der Waals surface area contributed by atoms with E-state index in [1.54, 1.807) is 14.2 Å². The maximum Gasteiger partial charge on any atom is 0.335 e. The molecule has 8 aromatic rings. The van der Waals surface area contributed by atoms with Crippen molar-refractivity contribution in [3.8, 4) is 57.5 Å². The lowest BCUT2D eigenvalue weighted by atomic mass is 9.73. The van der Waals surface area contributed by atoms with Crippen LogP contribution in [0.3, 0.4) is 0 Å². The van der Waals surface area contributed by atoms with Gasteiger partial charge in [-0.25, -0.2) is 9.59 Å². The normalized spacial score (nSPS) is 29.5. The number of aliphatic hydroxyl groups excluding tert-OH is 2. The fraction of sp³-hybridized carbons (Fsp3) is 0.457. The summed E-state index contributed by atoms with van der Waals surface area (Å²) in [7, 11) is 7.05. The Morgan fingerprint density at radius 2 is 0.991 bits per heavy atom. The van der Waals surface area contributed by atoms with Crippen LogP contribution in [0.15, 0.2) is 63.4 Å². The molecule has 6 aromatic carbocycles. The fourth-order valence-electron chi connectivity index (χ4n) is 20.7. The second-order valence-electron chi connectivity index (χ2n) is 30.8. The van der Waals surface area contributed by atoms with Gasteiger partial charge >= 0.3 is 23.9 Å². The molecule has 570 valence electrons. The van der Waals surface area contributed by atoms with Gasteiger partial charge in [0, 0.05) is 117 Å². The van der Waals surface area contributed by atoms with Crippen LogP contribution >= 0.6 is 23.5 Å². The summed E-state index contributed by atoms with van der Waals surface area (Å²) < 4.78 is 74.3. The van der Waals surface area contributed by atoms with Crippen molar-refractivity contribution in [2.45, 2.75) is 157 Å². The maximum atomic E-state index is 14.8. The first-order valence-corrected chi connectivity index (χ1v) is 39.1. The lowest BCUT2D eigenvalue weighted by molar-refractivity contribution is -0.186. The Labute approximate surface area is 635 Å². The molecule has 0 radical (unpaired) electrons. The number of piperazine rings is 2. The summed E-state index contributed by atoms with van der Waals surface area (Å²) >= 11 is 3.01. The molecular formula is C81H84N6O20S2. The van der Waals surface area contributed by atoms with Crippen LogP contribution < -0.4 is 48.5 Å². The number of nitrogens with zero attached hydrogens (tertiary/aromatic N) is 4. The highest BCUT2D eigenvalue weighted by Gasteiger charge is 2.65. The lowest BCUT2D eigenvalue weighted by Crippen LogP contribution is -2.70. The van der Waals surface area contributed by atoms with Gasteiger partial charge in [0.15, 0.2) is 57.1 Å². The van der Waals surface area contributed by atoms with E-state index in [2.05, 4.69) is 26.5 Å². The van der Waals surface area contributed by atoms with Gasteiger partial charge in [-0.1, -0.05) is 42.0 Å². The number of benzene rings is 6. The third-order valence-corrected chi connectivity index (χ3v) is 28.1. The molecule has 22 rings (SSSR count). The van der Waals surface area contributed by atoms with Gasteiger partial charge in [-0.3, -0.25) is 39.8 Å². The predicted molar refractivity (Wildman–Crippen MR) is 397 cm³/mol. The van der Waals surface area contributed by atoms with E-state index in [0.29, 0.717) is 141 Å². The number of hydrogen-bond acceptors (Lipinski definition) is 28. The molecule has 6 N–H and O–H groups in total. The van der Waals surface area contributed by atoms with Gasteiger partial charge in [-0.2, -0.15) is 0 Å². The number of aryl methyl sites for hydroxylation is 3. The maximum absolute atomic E-state index is 14.8. The first kappa shape index (κ1) is 70.4. The van der Waals surface area contributed by atoms with Gasteiger partial charge in [0.25, 0.3) is 0 Å². The molecule has 16 heterocycles. The van der Waals surface area contributed by atoms with Crippen molar-refractivity contribution in [1.29, 1.82) is 0 Å². The van der Waals surface area contributed by atoms with Gasteiger partial charge in [-0.05, 0) is 115 Å². The summed E-state index contributed by atoms with van der Waals surface area (Å²) in [5, 5.41) is 57.1. The number of hydrogen-bond donors (Lipinski definition) is 6. The number of thioether (sulfide) groups is 2. The highest BCUT2D eigenvalue weighted by atomic mass is 32.2. The molecule has 14 aliphatic heterocycles. The van der Waals surface area contributed by atoms with Crippen molar-refractivity contribution < 1.29 is 95.8 Å². The molecule has 0 aliphatic carbocycles. The zero-order valence-electron chi connectivity index (χ0n) is 62.0. The Bertz CT molecular complexity index is 5270. The quantitative estimate of drug-likeness (QED) is 0.0706. The summed E-state index contributed by atoms with van der Waals surface area (Å²) in [6, 6.07) is 13.7. The van der Waals surface area contributed by atoms with Gasteiger partial charge < -0.3 is 76.6 Å². The number of aromatic hydroxyl groups is 2. The summed E-state index contributed by atoms with van der Waals surface area (Å²) in [4.78, 5) is 63.7. The molecule has 28 heteroatoms. The molecule has 14 atom stereocenters. The molecular weight excluding hydrogens is 1440 g/mol. The monoisotopic (exact) mass is 1520 g/mol. The Balaban J connectivity index is 0.000000148. The minimum absolute atomic E-state index is 0.0430. The van der Waals surface area contributed by atoms with Gasteiger partial charge in [-0.15, -0.1) is 23.5 Å². The fourth-order valence-corrected chi connectivity index (χ4v) is 24.0. The molecule has 0 saturated carbocycles. The van der Waals surface area contributed by atoms with Crippen LogP contribution in [0, 0.1) is 34.6 Å². The van der Waals surface area contributed by atoms with E-state index in [0.717, 1.165) is 60.8 Å². The van der Waals surface area contributed by atoms with Crippen LogP contribution in [0.5, 0.6) is 57.5 Å². The average molecular weight is 1530 g/mol. The third kappa shape index (κ3) is 9.90. The lowest BCUT2D eigenvalue weighted by Gasteiger charge is -2.62. The molecule has 0 unspecified atom stereocenters. The van der Waals surface area contributed by atoms with E-state index in [9.17, 15) is 39.6 Å². The van der Waals surface area contributed by atoms with Gasteiger partial charge in [0.1, 0.15) is 59.9 Å². The topological polar surface area (TPSA) is 305 Å². The summed E-state index contributed by atoms with van der Waals surface area (Å²) in [5.74, 6) is 2.94. The number of likely N-dealkylation sites (N-methyl/N-ethyl adjacent to an activating group) is 2. The van der Waals surface area contributed by atoms with Crippen LogP contribution in [0.25, 0.3) is 21.9 Å². The van der Waals surface area contributed by atoms with Crippen molar-refractivity contribution in [2.75, 3.05) is 79.7 Å². The number of nitrogens with one attached hydrogen (secondary N) is 2. The first-order valence-electron chi connectivity index (χ1n) is 37.0. The van der Waals surface area contributed by atoms with Crippen LogP contribution in [0.1, 0.15) is 143 Å². The van der Waals surface area contributed by atoms with E-state index in [1.165, 1.54) is 37.4 Å². The molecule has 2 spiro atoms. The zero-order valence-corrected chi connectivity index (χ0v) is 63.7. The molecule has 8 bridgehead atoms. The number of methoxy groups -OCH3 is 2. The van der Waals surface area contributed by atoms with E-state index < -0.39 is 94.2 Å². The van der Waals surface area contributed by atoms with Crippen LogP contribution in [-0.2, 0) is 65.4 Å². The van der Waals surface area contributed by atoms with Crippen molar-refractivity contribution >= 4 is 69.3 Å². The molecule has 2 aromatic heterocycles. The van der Waals surface area contributed by atoms with Gasteiger partial charge in [0.05, 0.1) is 61.0 Å².